The Labute approximate surface area is 204 Å². The second-order valence-corrected chi connectivity index (χ2v) is 10.1. The van der Waals surface area contributed by atoms with Crippen LogP contribution in [0.1, 0.15) is 45.2 Å². The molecule has 0 aliphatic carbocycles. The normalized spacial score (nSPS) is 30.0. The van der Waals surface area contributed by atoms with Crippen molar-refractivity contribution in [1.82, 2.24) is 35.3 Å². The Kier molecular flexibility index (Phi) is 6.02. The number of fused-ring (bicyclic) bond motifs is 2. The number of nitriles is 1. The van der Waals surface area contributed by atoms with Gasteiger partial charge >= 0.3 is 0 Å². The Morgan fingerprint density at radius 3 is 2.66 bits per heavy atom. The Morgan fingerprint density at radius 2 is 2.03 bits per heavy atom. The zero-order chi connectivity index (χ0) is 24.9. The van der Waals surface area contributed by atoms with Crippen LogP contribution in [0.5, 0.6) is 0 Å². The van der Waals surface area contributed by atoms with Crippen LogP contribution in [-0.4, -0.2) is 90.4 Å². The third-order valence-electron chi connectivity index (χ3n) is 8.09. The predicted octanol–water partition coefficient (Wildman–Crippen LogP) is 0.689. The Morgan fingerprint density at radius 1 is 1.29 bits per heavy atom. The first-order valence-electron chi connectivity index (χ1n) is 12.2. The van der Waals surface area contributed by atoms with E-state index < -0.39 is 12.1 Å². The van der Waals surface area contributed by atoms with Crippen LogP contribution in [0.15, 0.2) is 24.3 Å². The van der Waals surface area contributed by atoms with Gasteiger partial charge in [0, 0.05) is 30.7 Å². The Balaban J connectivity index is 1.22. The van der Waals surface area contributed by atoms with Crippen LogP contribution in [0, 0.1) is 17.2 Å². The van der Waals surface area contributed by atoms with Gasteiger partial charge in [0.15, 0.2) is 5.82 Å². The van der Waals surface area contributed by atoms with Gasteiger partial charge in [-0.1, -0.05) is 31.2 Å². The largest absolute Gasteiger partial charge is 0.330 e. The Bertz CT molecular complexity index is 1130. The van der Waals surface area contributed by atoms with E-state index in [9.17, 15) is 14.9 Å². The molecule has 35 heavy (non-hydrogen) atoms. The number of H-pyrrole nitrogens is 1. The first-order valence-corrected chi connectivity index (χ1v) is 12.2. The molecule has 184 valence electrons. The highest BCUT2D eigenvalue weighted by molar-refractivity contribution is 5.87. The molecule has 2 aromatic rings. The molecule has 6 unspecified atom stereocenters. The fraction of sp³-hybridized carbons (Fsp3) is 0.583. The van der Waals surface area contributed by atoms with Crippen molar-refractivity contribution in [3.8, 4) is 17.5 Å². The zero-order valence-electron chi connectivity index (χ0n) is 20.2. The van der Waals surface area contributed by atoms with Crippen LogP contribution in [0.2, 0.25) is 0 Å². The van der Waals surface area contributed by atoms with Crippen molar-refractivity contribution in [1.29, 1.82) is 5.26 Å². The molecule has 3 aliphatic rings. The van der Waals surface area contributed by atoms with Crippen LogP contribution >= 0.6 is 0 Å². The first kappa shape index (κ1) is 23.4. The fourth-order valence-electron chi connectivity index (χ4n) is 5.97. The molecule has 0 radical (unpaired) electrons. The average Bonchev–Trinajstić information content (AvgIpc) is 3.63. The van der Waals surface area contributed by atoms with Crippen molar-refractivity contribution in [2.75, 3.05) is 13.1 Å². The summed E-state index contributed by atoms with van der Waals surface area (Å²) in [5.41, 5.74) is 8.26. The van der Waals surface area contributed by atoms with Gasteiger partial charge in [-0.2, -0.15) is 5.26 Å². The lowest BCUT2D eigenvalue weighted by Gasteiger charge is -2.39. The van der Waals surface area contributed by atoms with Crippen molar-refractivity contribution in [2.45, 2.75) is 69.9 Å². The van der Waals surface area contributed by atoms with E-state index in [2.05, 4.69) is 33.6 Å². The number of hydrogen-bond acceptors (Lipinski definition) is 8. The number of piperazine rings is 1. The topological polar surface area (TPSA) is 148 Å². The number of nitrogens with two attached hydrogens (primary N) is 1. The maximum absolute atomic E-state index is 13.3. The molecule has 0 spiro atoms. The molecule has 1 aromatic heterocycles. The average molecular weight is 478 g/mol. The molecule has 3 aliphatic heterocycles. The lowest BCUT2D eigenvalue weighted by Crippen LogP contribution is -2.57. The van der Waals surface area contributed by atoms with Crippen molar-refractivity contribution in [2.24, 2.45) is 11.7 Å². The summed E-state index contributed by atoms with van der Waals surface area (Å²) in [4.78, 5) is 32.1. The zero-order valence-corrected chi connectivity index (χ0v) is 20.2. The number of carbonyl (C=O) groups excluding carboxylic acids is 2. The summed E-state index contributed by atoms with van der Waals surface area (Å²) in [7, 11) is 0. The molecule has 11 heteroatoms. The maximum Gasteiger partial charge on any atom is 0.242 e. The second-order valence-electron chi connectivity index (χ2n) is 10.1. The lowest BCUT2D eigenvalue weighted by atomic mass is 10.0. The third-order valence-corrected chi connectivity index (χ3v) is 8.09. The van der Waals surface area contributed by atoms with Gasteiger partial charge < -0.3 is 15.5 Å². The third kappa shape index (κ3) is 3.96. The molecule has 1 aromatic carbocycles. The minimum atomic E-state index is -0.755. The molecule has 7 atom stereocenters. The van der Waals surface area contributed by atoms with Gasteiger partial charge in [0.2, 0.25) is 11.8 Å². The van der Waals surface area contributed by atoms with Crippen LogP contribution in [0.3, 0.4) is 0 Å². The quantitative estimate of drug-likeness (QED) is 0.617. The van der Waals surface area contributed by atoms with Gasteiger partial charge in [0.05, 0.1) is 24.2 Å². The number of nitrogens with one attached hydrogen (secondary N) is 1. The van der Waals surface area contributed by atoms with E-state index in [1.165, 1.54) is 0 Å². The number of benzene rings is 1. The molecule has 11 nitrogen and oxygen atoms in total. The molecule has 0 saturated carbocycles. The molecule has 3 fully saturated rings. The van der Waals surface area contributed by atoms with E-state index in [1.807, 2.05) is 47.9 Å². The second kappa shape index (κ2) is 9.02. The van der Waals surface area contributed by atoms with E-state index >= 15 is 0 Å². The molecule has 2 bridgehead atoms. The van der Waals surface area contributed by atoms with Crippen molar-refractivity contribution in [3.63, 3.8) is 0 Å². The lowest BCUT2D eigenvalue weighted by molar-refractivity contribution is -0.141. The Hall–Kier alpha value is -3.36. The number of carbonyl (C=O) groups is 2. The predicted molar refractivity (Wildman–Crippen MR) is 126 cm³/mol. The summed E-state index contributed by atoms with van der Waals surface area (Å²) in [6.45, 7) is 7.09. The fourth-order valence-corrected chi connectivity index (χ4v) is 5.97. The van der Waals surface area contributed by atoms with E-state index in [4.69, 9.17) is 5.73 Å². The summed E-state index contributed by atoms with van der Waals surface area (Å²) in [6.07, 6.45) is 1.41. The van der Waals surface area contributed by atoms with Crippen molar-refractivity contribution < 1.29 is 9.59 Å². The minimum Gasteiger partial charge on any atom is -0.330 e. The van der Waals surface area contributed by atoms with Gasteiger partial charge in [-0.3, -0.25) is 14.5 Å². The van der Waals surface area contributed by atoms with Gasteiger partial charge in [-0.25, -0.2) is 5.10 Å². The molecule has 5 rings (SSSR count). The summed E-state index contributed by atoms with van der Waals surface area (Å²) < 4.78 is 0. The standard InChI is InChI=1S/C24H31N9O2/c1-13-8-18(10-25)32(14(13)2)23(34)20(26)12-31-11-19-9-21(31)24(35)33(19)15(3)16-4-6-17(7-5-16)22-27-29-30-28-22/h4-7,13-15,18-21H,8-9,11-12,26H2,1-3H3,(H,27,28,29,30)/t13?,14?,15?,18?,19-,20?,21?/m0/s1. The van der Waals surface area contributed by atoms with E-state index in [0.717, 1.165) is 17.5 Å². The van der Waals surface area contributed by atoms with Crippen LogP contribution in [-0.2, 0) is 9.59 Å². The van der Waals surface area contributed by atoms with Gasteiger partial charge in [0.1, 0.15) is 6.04 Å². The smallest absolute Gasteiger partial charge is 0.242 e. The highest BCUT2D eigenvalue weighted by Crippen LogP contribution is 2.38. The first-order chi connectivity index (χ1) is 16.8. The number of likely N-dealkylation sites (tertiary alicyclic amines) is 3. The molecule has 3 N–H and O–H groups in total. The number of rotatable bonds is 6. The van der Waals surface area contributed by atoms with E-state index in [-0.39, 0.29) is 41.9 Å². The highest BCUT2D eigenvalue weighted by atomic mass is 16.2. The van der Waals surface area contributed by atoms with Crippen molar-refractivity contribution >= 4 is 11.8 Å². The van der Waals surface area contributed by atoms with E-state index in [0.29, 0.717) is 25.3 Å². The summed E-state index contributed by atoms with van der Waals surface area (Å²) in [5, 5.41) is 23.4. The van der Waals surface area contributed by atoms with Gasteiger partial charge in [-0.15, -0.1) is 5.10 Å². The van der Waals surface area contributed by atoms with Crippen molar-refractivity contribution in [3.05, 3.63) is 29.8 Å². The number of amides is 2. The van der Waals surface area contributed by atoms with Gasteiger partial charge in [0.25, 0.3) is 0 Å². The minimum absolute atomic E-state index is 0.0158. The van der Waals surface area contributed by atoms with Crippen LogP contribution < -0.4 is 5.73 Å². The van der Waals surface area contributed by atoms with Crippen LogP contribution in [0.4, 0.5) is 0 Å². The molecule has 3 saturated heterocycles. The van der Waals surface area contributed by atoms with Crippen LogP contribution in [0.25, 0.3) is 11.4 Å². The molecular formula is C24H31N9O2. The summed E-state index contributed by atoms with van der Waals surface area (Å²) in [6, 6.07) is 8.68. The number of nitrogens with zero attached hydrogens (tertiary/aromatic N) is 7. The van der Waals surface area contributed by atoms with E-state index in [1.54, 1.807) is 4.90 Å². The molecule has 2 amide bonds. The molecular weight excluding hydrogens is 446 g/mol. The van der Waals surface area contributed by atoms with Gasteiger partial charge in [-0.05, 0) is 48.6 Å². The number of aromatic amines is 1. The summed E-state index contributed by atoms with van der Waals surface area (Å²) in [5.74, 6) is 0.739. The highest BCUT2D eigenvalue weighted by Gasteiger charge is 2.52. The maximum atomic E-state index is 13.3. The number of aromatic nitrogens is 4. The number of hydrogen-bond donors (Lipinski definition) is 2. The summed E-state index contributed by atoms with van der Waals surface area (Å²) >= 11 is 0. The SMILES string of the molecule is CC1CC(C#N)N(C(=O)C(N)CN2C[C@@H]3CC2C(=O)N3C(C)c2ccc(-c3nnn[nH]3)cc2)C1C. The monoisotopic (exact) mass is 477 g/mol. The molecule has 4 heterocycles. The number of tetrazole rings is 1.